The van der Waals surface area contributed by atoms with Gasteiger partial charge in [-0.1, -0.05) is 28.1 Å². The van der Waals surface area contributed by atoms with Gasteiger partial charge >= 0.3 is 5.69 Å². The maximum absolute atomic E-state index is 12.2. The van der Waals surface area contributed by atoms with Gasteiger partial charge < -0.3 is 0 Å². The first-order valence-corrected chi connectivity index (χ1v) is 6.85. The van der Waals surface area contributed by atoms with Gasteiger partial charge in [-0.05, 0) is 12.1 Å². The topological polar surface area (TPSA) is 82.7 Å². The first kappa shape index (κ1) is 13.6. The molecule has 8 heteroatoms. The van der Waals surface area contributed by atoms with Crippen molar-refractivity contribution in [3.8, 4) is 22.9 Å². The van der Waals surface area contributed by atoms with E-state index >= 15 is 0 Å². The number of halogens is 1. The average Bonchev–Trinajstić information content (AvgIpc) is 2.46. The lowest BCUT2D eigenvalue weighted by atomic mass is 10.2. The fourth-order valence-corrected chi connectivity index (χ4v) is 2.42. The Kier molecular flexibility index (Phi) is 3.17. The Balaban J connectivity index is 2.40. The van der Waals surface area contributed by atoms with Crippen LogP contribution in [-0.4, -0.2) is 24.3 Å². The second kappa shape index (κ2) is 4.88. The molecule has 2 heterocycles. The second-order valence-corrected chi connectivity index (χ2v) is 5.32. The monoisotopic (exact) mass is 347 g/mol. The van der Waals surface area contributed by atoms with Crippen molar-refractivity contribution in [1.82, 2.24) is 24.3 Å². The molecular weight excluding hydrogens is 338 g/mol. The molecule has 7 nitrogen and oxygen atoms in total. The minimum absolute atomic E-state index is 0.111. The zero-order valence-corrected chi connectivity index (χ0v) is 12.8. The number of benzene rings is 1. The highest BCUT2D eigenvalue weighted by atomic mass is 79.9. The summed E-state index contributed by atoms with van der Waals surface area (Å²) in [6.45, 7) is 0. The largest absolute Gasteiger partial charge is 0.352 e. The van der Waals surface area contributed by atoms with E-state index in [4.69, 9.17) is 0 Å². The third-order valence-corrected chi connectivity index (χ3v) is 3.78. The lowest BCUT2D eigenvalue weighted by Crippen LogP contribution is -2.36. The quantitative estimate of drug-likeness (QED) is 0.650. The molecule has 0 unspecified atom stereocenters. The minimum Gasteiger partial charge on any atom is -0.267 e. The molecule has 1 aromatic carbocycles. The molecule has 2 aliphatic rings. The van der Waals surface area contributed by atoms with Gasteiger partial charge in [-0.2, -0.15) is 10.1 Å². The maximum atomic E-state index is 12.2. The molecule has 1 aromatic rings. The standard InChI is InChI=1S/C13H10BrN5O2/c1-18-12(20)9-11(16-13(18)21)19(2)17-10(15-9)7-5-3-4-6-8(7)14/h3-6H,1-2H3. The fraction of sp³-hybridized carbons (Fsp3) is 0.154. The fourth-order valence-electron chi connectivity index (χ4n) is 1.96. The van der Waals surface area contributed by atoms with Crippen LogP contribution in [0.4, 0.5) is 0 Å². The van der Waals surface area contributed by atoms with Crippen LogP contribution in [0.15, 0.2) is 38.3 Å². The predicted octanol–water partition coefficient (Wildman–Crippen LogP) is 0.803. The third kappa shape index (κ3) is 2.17. The molecule has 0 atom stereocenters. The Hall–Kier alpha value is -2.35. The summed E-state index contributed by atoms with van der Waals surface area (Å²) in [7, 11) is 2.99. The second-order valence-electron chi connectivity index (χ2n) is 4.47. The summed E-state index contributed by atoms with van der Waals surface area (Å²) < 4.78 is 3.13. The van der Waals surface area contributed by atoms with Crippen LogP contribution in [0.25, 0.3) is 22.9 Å². The Labute approximate surface area is 127 Å². The summed E-state index contributed by atoms with van der Waals surface area (Å²) in [4.78, 5) is 31.9. The molecule has 21 heavy (non-hydrogen) atoms. The Morgan fingerprint density at radius 3 is 2.52 bits per heavy atom. The van der Waals surface area contributed by atoms with E-state index in [-0.39, 0.29) is 11.5 Å². The lowest BCUT2D eigenvalue weighted by Gasteiger charge is -2.11. The molecule has 0 aromatic heterocycles. The highest BCUT2D eigenvalue weighted by Crippen LogP contribution is 2.25. The summed E-state index contributed by atoms with van der Waals surface area (Å²) in [5.41, 5.74) is -0.250. The molecule has 3 rings (SSSR count). The molecule has 0 saturated carbocycles. The Bertz CT molecular complexity index is 931. The third-order valence-electron chi connectivity index (χ3n) is 3.09. The van der Waals surface area contributed by atoms with E-state index in [2.05, 4.69) is 31.0 Å². The van der Waals surface area contributed by atoms with Crippen LogP contribution in [0.1, 0.15) is 0 Å². The molecule has 0 saturated heterocycles. The van der Waals surface area contributed by atoms with Gasteiger partial charge in [-0.25, -0.2) is 14.5 Å². The molecule has 0 fully saturated rings. The average molecular weight is 348 g/mol. The van der Waals surface area contributed by atoms with Gasteiger partial charge in [0.05, 0.1) is 0 Å². The van der Waals surface area contributed by atoms with E-state index in [0.717, 1.165) is 14.6 Å². The Morgan fingerprint density at radius 2 is 1.81 bits per heavy atom. The first-order chi connectivity index (χ1) is 9.99. The summed E-state index contributed by atoms with van der Waals surface area (Å²) in [6.07, 6.45) is 0. The Morgan fingerprint density at radius 1 is 1.10 bits per heavy atom. The summed E-state index contributed by atoms with van der Waals surface area (Å²) in [6, 6.07) is 7.43. The molecule has 106 valence electrons. The molecule has 0 radical (unpaired) electrons. The highest BCUT2D eigenvalue weighted by molar-refractivity contribution is 9.10. The van der Waals surface area contributed by atoms with Crippen LogP contribution < -0.4 is 11.2 Å². The van der Waals surface area contributed by atoms with Crippen LogP contribution in [0.2, 0.25) is 0 Å². The van der Waals surface area contributed by atoms with Crippen LogP contribution in [0.3, 0.4) is 0 Å². The van der Waals surface area contributed by atoms with E-state index in [0.29, 0.717) is 5.82 Å². The van der Waals surface area contributed by atoms with Crippen molar-refractivity contribution >= 4 is 15.9 Å². The maximum Gasteiger partial charge on any atom is 0.352 e. The van der Waals surface area contributed by atoms with Crippen LogP contribution in [0.5, 0.6) is 0 Å². The molecule has 0 bridgehead atoms. The number of aromatic nitrogens is 5. The summed E-state index contributed by atoms with van der Waals surface area (Å²) in [5, 5.41) is 4.27. The van der Waals surface area contributed by atoms with E-state index in [9.17, 15) is 9.59 Å². The SMILES string of the molecule is Cn1nc(-c2ccccc2Br)nc2c(=O)n(C)c(=O)nc1-2. The van der Waals surface area contributed by atoms with Gasteiger partial charge in [0.15, 0.2) is 17.3 Å². The van der Waals surface area contributed by atoms with Gasteiger partial charge in [0.2, 0.25) is 0 Å². The highest BCUT2D eigenvalue weighted by Gasteiger charge is 2.19. The van der Waals surface area contributed by atoms with E-state index < -0.39 is 11.2 Å². The zero-order valence-electron chi connectivity index (χ0n) is 11.2. The van der Waals surface area contributed by atoms with Gasteiger partial charge in [0.25, 0.3) is 5.56 Å². The number of aryl methyl sites for hydroxylation is 1. The number of nitrogens with zero attached hydrogens (tertiary/aromatic N) is 5. The van der Waals surface area contributed by atoms with Gasteiger partial charge in [0, 0.05) is 24.1 Å². The number of fused-ring (bicyclic) bond motifs is 1. The van der Waals surface area contributed by atoms with Crippen molar-refractivity contribution in [3.63, 3.8) is 0 Å². The van der Waals surface area contributed by atoms with Crippen LogP contribution in [-0.2, 0) is 14.1 Å². The number of hydrogen-bond acceptors (Lipinski definition) is 5. The van der Waals surface area contributed by atoms with Crippen LogP contribution in [0, 0.1) is 0 Å². The minimum atomic E-state index is -0.625. The van der Waals surface area contributed by atoms with Gasteiger partial charge in [0.1, 0.15) is 0 Å². The van der Waals surface area contributed by atoms with Crippen molar-refractivity contribution in [2.75, 3.05) is 0 Å². The molecule has 2 aliphatic heterocycles. The number of hydrogen-bond donors (Lipinski definition) is 0. The molecular formula is C13H10BrN5O2. The van der Waals surface area contributed by atoms with Gasteiger partial charge in [-0.3, -0.25) is 9.36 Å². The van der Waals surface area contributed by atoms with E-state index in [1.54, 1.807) is 7.05 Å². The van der Waals surface area contributed by atoms with Crippen molar-refractivity contribution in [2.24, 2.45) is 14.1 Å². The van der Waals surface area contributed by atoms with Crippen molar-refractivity contribution < 1.29 is 0 Å². The predicted molar refractivity (Wildman–Crippen MR) is 80.1 cm³/mol. The molecule has 0 amide bonds. The first-order valence-electron chi connectivity index (χ1n) is 6.06. The zero-order chi connectivity index (χ0) is 15.1. The van der Waals surface area contributed by atoms with Crippen molar-refractivity contribution in [2.45, 2.75) is 0 Å². The summed E-state index contributed by atoms with van der Waals surface area (Å²) >= 11 is 3.43. The molecule has 0 spiro atoms. The normalized spacial score (nSPS) is 11.0. The van der Waals surface area contributed by atoms with Crippen molar-refractivity contribution in [1.29, 1.82) is 0 Å². The van der Waals surface area contributed by atoms with Crippen molar-refractivity contribution in [3.05, 3.63) is 49.6 Å². The number of rotatable bonds is 1. The smallest absolute Gasteiger partial charge is 0.267 e. The van der Waals surface area contributed by atoms with E-state index in [1.807, 2.05) is 24.3 Å². The molecule has 0 aliphatic carbocycles. The van der Waals surface area contributed by atoms with E-state index in [1.165, 1.54) is 11.7 Å². The van der Waals surface area contributed by atoms with Crippen LogP contribution >= 0.6 is 15.9 Å². The lowest BCUT2D eigenvalue weighted by molar-refractivity contribution is 0.678. The summed E-state index contributed by atoms with van der Waals surface area (Å²) in [5.74, 6) is 0.550. The van der Waals surface area contributed by atoms with Gasteiger partial charge in [-0.15, -0.1) is 0 Å². The molecule has 0 N–H and O–H groups in total.